The summed E-state index contributed by atoms with van der Waals surface area (Å²) in [5.41, 5.74) is 6.64. The highest BCUT2D eigenvalue weighted by atomic mass is 35.5. The van der Waals surface area contributed by atoms with Crippen LogP contribution in [0.15, 0.2) is 36.4 Å². The third-order valence-electron chi connectivity index (χ3n) is 3.29. The van der Waals surface area contributed by atoms with Crippen LogP contribution >= 0.6 is 34.5 Å². The van der Waals surface area contributed by atoms with Crippen molar-refractivity contribution in [3.63, 3.8) is 0 Å². The zero-order valence-electron chi connectivity index (χ0n) is 12.0. The molecule has 1 aromatic heterocycles. The molecule has 0 bridgehead atoms. The predicted molar refractivity (Wildman–Crippen MR) is 97.2 cm³/mol. The number of nitrogens with one attached hydrogen (secondary N) is 1. The number of carbonyl (C=O) groups excluding carboxylic acids is 1. The maximum Gasteiger partial charge on any atom is 0.265 e. The summed E-state index contributed by atoms with van der Waals surface area (Å²) in [4.78, 5) is 13.0. The van der Waals surface area contributed by atoms with Crippen LogP contribution in [0, 0.1) is 0 Å². The van der Waals surface area contributed by atoms with E-state index in [9.17, 15) is 4.79 Å². The normalized spacial score (nSPS) is 10.7. The lowest BCUT2D eigenvalue weighted by molar-refractivity contribution is 0.103. The Bertz CT molecular complexity index is 908. The molecule has 0 radical (unpaired) electrons. The van der Waals surface area contributed by atoms with Crippen molar-refractivity contribution in [2.75, 3.05) is 18.2 Å². The second-order valence-electron chi connectivity index (χ2n) is 4.80. The number of rotatable bonds is 3. The Hall–Kier alpha value is -1.95. The van der Waals surface area contributed by atoms with Gasteiger partial charge in [-0.3, -0.25) is 4.79 Å². The van der Waals surface area contributed by atoms with E-state index in [4.69, 9.17) is 33.7 Å². The lowest BCUT2D eigenvalue weighted by atomic mass is 10.2. The van der Waals surface area contributed by atoms with E-state index in [0.717, 1.165) is 15.8 Å². The number of benzene rings is 2. The fraction of sp³-hybridized carbons (Fsp3) is 0.0625. The largest absolute Gasteiger partial charge is 0.495 e. The van der Waals surface area contributed by atoms with Crippen LogP contribution < -0.4 is 15.8 Å². The van der Waals surface area contributed by atoms with Gasteiger partial charge in [0, 0.05) is 0 Å². The molecule has 3 aromatic rings. The van der Waals surface area contributed by atoms with Crippen molar-refractivity contribution in [3.05, 3.63) is 51.3 Å². The topological polar surface area (TPSA) is 64.3 Å². The van der Waals surface area contributed by atoms with E-state index in [1.807, 2.05) is 24.3 Å². The SMILES string of the molecule is COc1cccc2cc(C(=O)Nc3cc(Cl)c(Cl)cc3N)sc12. The van der Waals surface area contributed by atoms with Crippen molar-refractivity contribution >= 4 is 61.9 Å². The molecule has 1 amide bonds. The summed E-state index contributed by atoms with van der Waals surface area (Å²) in [6.07, 6.45) is 0. The number of nitrogens with two attached hydrogens (primary N) is 1. The average molecular weight is 367 g/mol. The Labute approximate surface area is 146 Å². The van der Waals surface area contributed by atoms with Crippen LogP contribution in [0.2, 0.25) is 10.0 Å². The molecule has 0 unspecified atom stereocenters. The minimum atomic E-state index is -0.265. The summed E-state index contributed by atoms with van der Waals surface area (Å²) in [5.74, 6) is 0.471. The van der Waals surface area contributed by atoms with Crippen molar-refractivity contribution in [2.45, 2.75) is 0 Å². The number of methoxy groups -OCH3 is 1. The summed E-state index contributed by atoms with van der Waals surface area (Å²) in [7, 11) is 1.60. The second kappa shape index (κ2) is 6.28. The van der Waals surface area contributed by atoms with Crippen molar-refractivity contribution < 1.29 is 9.53 Å². The Morgan fingerprint density at radius 1 is 1.22 bits per heavy atom. The van der Waals surface area contributed by atoms with Crippen LogP contribution in [-0.4, -0.2) is 13.0 Å². The van der Waals surface area contributed by atoms with Crippen LogP contribution in [0.25, 0.3) is 10.1 Å². The van der Waals surface area contributed by atoms with Gasteiger partial charge in [0.25, 0.3) is 5.91 Å². The fourth-order valence-electron chi connectivity index (χ4n) is 2.16. The van der Waals surface area contributed by atoms with E-state index < -0.39 is 0 Å². The fourth-order valence-corrected chi connectivity index (χ4v) is 3.55. The van der Waals surface area contributed by atoms with Crippen molar-refractivity contribution in [1.82, 2.24) is 0 Å². The first-order chi connectivity index (χ1) is 11.0. The van der Waals surface area contributed by atoms with Crippen molar-refractivity contribution in [3.8, 4) is 5.75 Å². The number of halogens is 2. The minimum Gasteiger partial charge on any atom is -0.495 e. The lowest BCUT2D eigenvalue weighted by Gasteiger charge is -2.08. The number of amides is 1. The van der Waals surface area contributed by atoms with Crippen LogP contribution in [0.5, 0.6) is 5.75 Å². The smallest absolute Gasteiger partial charge is 0.265 e. The van der Waals surface area contributed by atoms with E-state index in [1.54, 1.807) is 7.11 Å². The van der Waals surface area contributed by atoms with Crippen LogP contribution in [-0.2, 0) is 0 Å². The quantitative estimate of drug-likeness (QED) is 0.637. The molecule has 23 heavy (non-hydrogen) atoms. The summed E-state index contributed by atoms with van der Waals surface area (Å²) in [6.45, 7) is 0. The highest BCUT2D eigenvalue weighted by Crippen LogP contribution is 2.35. The number of fused-ring (bicyclic) bond motifs is 1. The van der Waals surface area contributed by atoms with Gasteiger partial charge in [-0.05, 0) is 29.7 Å². The van der Waals surface area contributed by atoms with E-state index in [2.05, 4.69) is 5.32 Å². The predicted octanol–water partition coefficient (Wildman–Crippen LogP) is 5.05. The van der Waals surface area contributed by atoms with Gasteiger partial charge in [-0.15, -0.1) is 11.3 Å². The molecule has 0 atom stereocenters. The third kappa shape index (κ3) is 3.08. The molecule has 1 heterocycles. The maximum absolute atomic E-state index is 12.5. The number of ether oxygens (including phenoxy) is 1. The van der Waals surface area contributed by atoms with Gasteiger partial charge in [0.15, 0.2) is 0 Å². The molecular formula is C16H12Cl2N2O2S. The molecule has 0 aliphatic rings. The Balaban J connectivity index is 1.94. The van der Waals surface area contributed by atoms with Crippen LogP contribution in [0.1, 0.15) is 9.67 Å². The molecule has 0 saturated heterocycles. The molecular weight excluding hydrogens is 355 g/mol. The summed E-state index contributed by atoms with van der Waals surface area (Å²) >= 11 is 13.2. The van der Waals surface area contributed by atoms with E-state index in [-0.39, 0.29) is 5.91 Å². The van der Waals surface area contributed by atoms with Gasteiger partial charge in [-0.1, -0.05) is 35.3 Å². The number of hydrogen-bond donors (Lipinski definition) is 2. The minimum absolute atomic E-state index is 0.265. The van der Waals surface area contributed by atoms with Gasteiger partial charge < -0.3 is 15.8 Å². The molecule has 118 valence electrons. The van der Waals surface area contributed by atoms with Gasteiger partial charge in [-0.2, -0.15) is 0 Å². The van der Waals surface area contributed by atoms with Crippen molar-refractivity contribution in [1.29, 1.82) is 0 Å². The molecule has 2 aromatic carbocycles. The number of hydrogen-bond acceptors (Lipinski definition) is 4. The highest BCUT2D eigenvalue weighted by Gasteiger charge is 2.15. The van der Waals surface area contributed by atoms with E-state index >= 15 is 0 Å². The Morgan fingerprint density at radius 3 is 2.70 bits per heavy atom. The number of carbonyl (C=O) groups is 1. The molecule has 0 aliphatic heterocycles. The van der Waals surface area contributed by atoms with Gasteiger partial charge >= 0.3 is 0 Å². The summed E-state index contributed by atoms with van der Waals surface area (Å²) in [6, 6.07) is 10.5. The van der Waals surface area contributed by atoms with Gasteiger partial charge in [0.1, 0.15) is 5.75 Å². The zero-order valence-corrected chi connectivity index (χ0v) is 14.4. The van der Waals surface area contributed by atoms with Crippen LogP contribution in [0.4, 0.5) is 11.4 Å². The first-order valence-electron chi connectivity index (χ1n) is 6.62. The van der Waals surface area contributed by atoms with Gasteiger partial charge in [0.05, 0.1) is 38.1 Å². The number of anilines is 2. The van der Waals surface area contributed by atoms with Crippen molar-refractivity contribution in [2.24, 2.45) is 0 Å². The maximum atomic E-state index is 12.5. The molecule has 0 aliphatic carbocycles. The van der Waals surface area contributed by atoms with Crippen LogP contribution in [0.3, 0.4) is 0 Å². The summed E-state index contributed by atoms with van der Waals surface area (Å²) in [5, 5.41) is 4.37. The third-order valence-corrected chi connectivity index (χ3v) is 5.18. The highest BCUT2D eigenvalue weighted by molar-refractivity contribution is 7.21. The average Bonchev–Trinajstić information content (AvgIpc) is 2.96. The molecule has 0 fully saturated rings. The lowest BCUT2D eigenvalue weighted by Crippen LogP contribution is -2.11. The molecule has 3 rings (SSSR count). The van der Waals surface area contributed by atoms with Gasteiger partial charge in [0.2, 0.25) is 0 Å². The molecule has 0 spiro atoms. The van der Waals surface area contributed by atoms with E-state index in [0.29, 0.717) is 26.3 Å². The Morgan fingerprint density at radius 2 is 1.96 bits per heavy atom. The first kappa shape index (κ1) is 15.9. The first-order valence-corrected chi connectivity index (χ1v) is 8.19. The Kier molecular flexibility index (Phi) is 4.35. The molecule has 7 heteroatoms. The second-order valence-corrected chi connectivity index (χ2v) is 6.66. The van der Waals surface area contributed by atoms with Gasteiger partial charge in [-0.25, -0.2) is 0 Å². The summed E-state index contributed by atoms with van der Waals surface area (Å²) < 4.78 is 6.23. The number of thiophene rings is 1. The zero-order chi connectivity index (χ0) is 16.6. The molecule has 0 saturated carbocycles. The monoisotopic (exact) mass is 366 g/mol. The molecule has 4 nitrogen and oxygen atoms in total. The van der Waals surface area contributed by atoms with E-state index in [1.165, 1.54) is 23.5 Å². The standard InChI is InChI=1S/C16H12Cl2N2O2S/c1-22-13-4-2-3-8-5-14(23-15(8)13)16(21)20-12-7-10(18)9(17)6-11(12)19/h2-7H,19H2,1H3,(H,20,21). The number of nitrogen functional groups attached to an aromatic ring is 1. The molecule has 3 N–H and O–H groups in total.